The van der Waals surface area contributed by atoms with Crippen molar-refractivity contribution in [2.24, 2.45) is 0 Å². The van der Waals surface area contributed by atoms with Gasteiger partial charge in [0.2, 0.25) is 0 Å². The molecule has 0 saturated heterocycles. The molecule has 0 atom stereocenters. The number of alkyl halides is 6. The summed E-state index contributed by atoms with van der Waals surface area (Å²) in [6.07, 6.45) is -10.0. The van der Waals surface area contributed by atoms with Crippen molar-refractivity contribution in [3.63, 3.8) is 0 Å². The van der Waals surface area contributed by atoms with E-state index < -0.39 is 29.2 Å². The molecule has 2 rings (SSSR count). The number of rotatable bonds is 4. The number of aromatic nitrogens is 2. The van der Waals surface area contributed by atoms with Crippen molar-refractivity contribution in [3.05, 3.63) is 45.9 Å². The van der Waals surface area contributed by atoms with Crippen LogP contribution in [0.1, 0.15) is 22.5 Å². The third-order valence-corrected chi connectivity index (χ3v) is 3.65. The Morgan fingerprint density at radius 3 is 2.27 bits per heavy atom. The first-order valence-corrected chi connectivity index (χ1v) is 7.50. The largest absolute Gasteiger partial charge is 0.418 e. The highest BCUT2D eigenvalue weighted by Crippen LogP contribution is 2.40. The molecule has 11 heteroatoms. The zero-order valence-corrected chi connectivity index (χ0v) is 13.9. The Morgan fingerprint density at radius 1 is 1.08 bits per heavy atom. The zero-order valence-electron chi connectivity index (χ0n) is 13.1. The van der Waals surface area contributed by atoms with Crippen LogP contribution in [-0.4, -0.2) is 21.7 Å². The summed E-state index contributed by atoms with van der Waals surface area (Å²) in [6.45, 7) is 1.07. The summed E-state index contributed by atoms with van der Waals surface area (Å²) in [5, 5.41) is 11.4. The molecule has 2 aromatic rings. The first-order chi connectivity index (χ1) is 11.9. The van der Waals surface area contributed by atoms with Crippen molar-refractivity contribution < 1.29 is 31.4 Å². The molecule has 0 aliphatic rings. The van der Waals surface area contributed by atoms with Gasteiger partial charge in [0, 0.05) is 18.6 Å². The lowest BCUT2D eigenvalue weighted by atomic mass is 10.1. The maximum Gasteiger partial charge on any atom is 0.418 e. The Balaban J connectivity index is 2.57. The molecule has 1 aromatic heterocycles. The molecule has 0 aliphatic carbocycles. The predicted molar refractivity (Wildman–Crippen MR) is 82.3 cm³/mol. The maximum atomic E-state index is 13.2. The lowest BCUT2D eigenvalue weighted by Gasteiger charge is -2.18. The molecule has 0 bridgehead atoms. The molecule has 0 fully saturated rings. The van der Waals surface area contributed by atoms with Crippen molar-refractivity contribution in [1.82, 2.24) is 9.97 Å². The van der Waals surface area contributed by atoms with E-state index in [2.05, 4.69) is 15.3 Å². The molecule has 1 aromatic carbocycles. The summed E-state index contributed by atoms with van der Waals surface area (Å²) in [7, 11) is 0. The van der Waals surface area contributed by atoms with Gasteiger partial charge in [0.25, 0.3) is 0 Å². The van der Waals surface area contributed by atoms with Crippen LogP contribution in [0, 0.1) is 6.92 Å². The SMILES string of the molecule is Cc1nc(Cl)c(CCO)c(Nc2ccc(C(F)(F)F)cc2C(F)(F)F)n1. The second kappa shape index (κ2) is 7.28. The fourth-order valence-corrected chi connectivity index (χ4v) is 2.50. The van der Waals surface area contributed by atoms with Gasteiger partial charge in [0.05, 0.1) is 16.8 Å². The maximum absolute atomic E-state index is 13.2. The molecule has 2 N–H and O–H groups in total. The summed E-state index contributed by atoms with van der Waals surface area (Å²) >= 11 is 5.92. The molecule has 4 nitrogen and oxygen atoms in total. The van der Waals surface area contributed by atoms with Crippen molar-refractivity contribution in [2.45, 2.75) is 25.7 Å². The molecule has 26 heavy (non-hydrogen) atoms. The Morgan fingerprint density at radius 2 is 1.73 bits per heavy atom. The minimum absolute atomic E-state index is 0.0176. The quantitative estimate of drug-likeness (QED) is 0.575. The molecule has 0 radical (unpaired) electrons. The summed E-state index contributed by atoms with van der Waals surface area (Å²) in [6, 6.07) is 1.21. The normalized spacial score (nSPS) is 12.3. The van der Waals surface area contributed by atoms with Gasteiger partial charge in [-0.05, 0) is 25.1 Å². The highest BCUT2D eigenvalue weighted by molar-refractivity contribution is 6.30. The third-order valence-electron chi connectivity index (χ3n) is 3.34. The van der Waals surface area contributed by atoms with E-state index in [4.69, 9.17) is 16.7 Å². The molecule has 0 saturated carbocycles. The fourth-order valence-electron chi connectivity index (χ4n) is 2.19. The van der Waals surface area contributed by atoms with Crippen LogP contribution >= 0.6 is 11.6 Å². The van der Waals surface area contributed by atoms with Gasteiger partial charge in [-0.2, -0.15) is 26.3 Å². The minimum atomic E-state index is -5.04. The van der Waals surface area contributed by atoms with E-state index in [1.165, 1.54) is 6.92 Å². The highest BCUT2D eigenvalue weighted by atomic mass is 35.5. The van der Waals surface area contributed by atoms with Gasteiger partial charge >= 0.3 is 12.4 Å². The fraction of sp³-hybridized carbons (Fsp3) is 0.333. The lowest BCUT2D eigenvalue weighted by molar-refractivity contribution is -0.142. The van der Waals surface area contributed by atoms with Crippen LogP contribution in [-0.2, 0) is 18.8 Å². The third kappa shape index (κ3) is 4.55. The molecular weight excluding hydrogens is 388 g/mol. The first-order valence-electron chi connectivity index (χ1n) is 7.13. The second-order valence-corrected chi connectivity index (χ2v) is 5.60. The lowest BCUT2D eigenvalue weighted by Crippen LogP contribution is -2.14. The molecule has 0 unspecified atom stereocenters. The van der Waals surface area contributed by atoms with Crippen molar-refractivity contribution in [3.8, 4) is 0 Å². The number of nitrogens with one attached hydrogen (secondary N) is 1. The number of halogens is 7. The summed E-state index contributed by atoms with van der Waals surface area (Å²) in [4.78, 5) is 7.78. The van der Waals surface area contributed by atoms with Crippen molar-refractivity contribution in [1.29, 1.82) is 0 Å². The van der Waals surface area contributed by atoms with Gasteiger partial charge in [0.1, 0.15) is 16.8 Å². The highest BCUT2D eigenvalue weighted by Gasteiger charge is 2.38. The molecule has 0 spiro atoms. The Kier molecular flexibility index (Phi) is 5.67. The van der Waals surface area contributed by atoms with E-state index in [0.717, 1.165) is 0 Å². The molecule has 0 aliphatic heterocycles. The first kappa shape index (κ1) is 20.2. The average molecular weight is 400 g/mol. The Bertz CT molecular complexity index is 807. The van der Waals surface area contributed by atoms with E-state index >= 15 is 0 Å². The number of benzene rings is 1. The molecule has 1 heterocycles. The van der Waals surface area contributed by atoms with Crippen LogP contribution in [0.5, 0.6) is 0 Å². The number of aliphatic hydroxyl groups excluding tert-OH is 1. The van der Waals surface area contributed by atoms with E-state index in [-0.39, 0.29) is 41.5 Å². The number of hydrogen-bond acceptors (Lipinski definition) is 4. The number of aliphatic hydroxyl groups is 1. The topological polar surface area (TPSA) is 58.0 Å². The Labute approximate surface area is 148 Å². The van der Waals surface area contributed by atoms with Crippen LogP contribution in [0.3, 0.4) is 0 Å². The summed E-state index contributed by atoms with van der Waals surface area (Å²) < 4.78 is 77.9. The number of hydrogen-bond donors (Lipinski definition) is 2. The van der Waals surface area contributed by atoms with Crippen LogP contribution in [0.4, 0.5) is 37.8 Å². The minimum Gasteiger partial charge on any atom is -0.396 e. The zero-order chi connectivity index (χ0) is 19.7. The van der Waals surface area contributed by atoms with Gasteiger partial charge in [-0.3, -0.25) is 0 Å². The van der Waals surface area contributed by atoms with Crippen LogP contribution in [0.2, 0.25) is 5.15 Å². The van der Waals surface area contributed by atoms with Crippen molar-refractivity contribution in [2.75, 3.05) is 11.9 Å². The average Bonchev–Trinajstić information content (AvgIpc) is 2.49. The van der Waals surface area contributed by atoms with E-state index in [1.54, 1.807) is 0 Å². The summed E-state index contributed by atoms with van der Waals surface area (Å²) in [5.74, 6) is 0.0152. The van der Waals surface area contributed by atoms with Crippen LogP contribution in [0.25, 0.3) is 0 Å². The van der Waals surface area contributed by atoms with Crippen molar-refractivity contribution >= 4 is 23.1 Å². The van der Waals surface area contributed by atoms with Gasteiger partial charge in [-0.15, -0.1) is 0 Å². The predicted octanol–water partition coefficient (Wildman–Crippen LogP) is 4.75. The monoisotopic (exact) mass is 399 g/mol. The summed E-state index contributed by atoms with van der Waals surface area (Å²) in [5.41, 5.74) is -3.41. The van der Waals surface area contributed by atoms with E-state index in [1.807, 2.05) is 0 Å². The smallest absolute Gasteiger partial charge is 0.396 e. The standard InChI is InChI=1S/C15H12ClF6N3O/c1-7-23-12(16)9(4-5-26)13(24-7)25-11-3-2-8(14(17,18)19)6-10(11)15(20,21)22/h2-3,6,26H,4-5H2,1H3,(H,23,24,25). The van der Waals surface area contributed by atoms with Gasteiger partial charge in [-0.25, -0.2) is 9.97 Å². The van der Waals surface area contributed by atoms with E-state index in [0.29, 0.717) is 12.1 Å². The number of nitrogens with zero attached hydrogens (tertiary/aromatic N) is 2. The van der Waals surface area contributed by atoms with Gasteiger partial charge in [0.15, 0.2) is 0 Å². The molecular formula is C15H12ClF6N3O. The molecule has 0 amide bonds. The van der Waals surface area contributed by atoms with Gasteiger partial charge < -0.3 is 10.4 Å². The second-order valence-electron chi connectivity index (χ2n) is 5.24. The number of anilines is 2. The molecule has 142 valence electrons. The van der Waals surface area contributed by atoms with Crippen LogP contribution < -0.4 is 5.32 Å². The van der Waals surface area contributed by atoms with E-state index in [9.17, 15) is 26.3 Å². The Hall–Kier alpha value is -2.07. The van der Waals surface area contributed by atoms with Gasteiger partial charge in [-0.1, -0.05) is 11.6 Å². The van der Waals surface area contributed by atoms with Crippen LogP contribution in [0.15, 0.2) is 18.2 Å². The number of aryl methyl sites for hydroxylation is 1.